The fourth-order valence-corrected chi connectivity index (χ4v) is 2.39. The van der Waals surface area contributed by atoms with Crippen LogP contribution in [0.2, 0.25) is 0 Å². The van der Waals surface area contributed by atoms with Crippen LogP contribution < -0.4 is 10.6 Å². The van der Waals surface area contributed by atoms with Crippen molar-refractivity contribution in [3.8, 4) is 0 Å². The number of benzene rings is 2. The van der Waals surface area contributed by atoms with Gasteiger partial charge in [0.15, 0.2) is 5.69 Å². The van der Waals surface area contributed by atoms with Gasteiger partial charge in [0.2, 0.25) is 0 Å². The molecule has 23 heavy (non-hydrogen) atoms. The molecular formula is C16H14N4O3. The summed E-state index contributed by atoms with van der Waals surface area (Å²) in [6.45, 7) is 0. The summed E-state index contributed by atoms with van der Waals surface area (Å²) in [5, 5.41) is 20.1. The first-order valence-corrected chi connectivity index (χ1v) is 6.87. The van der Waals surface area contributed by atoms with Gasteiger partial charge in [0.1, 0.15) is 0 Å². The number of anilines is 2. The zero-order chi connectivity index (χ0) is 16.4. The van der Waals surface area contributed by atoms with Crippen molar-refractivity contribution in [2.24, 2.45) is 7.05 Å². The second-order valence-electron chi connectivity index (χ2n) is 4.94. The molecule has 2 amide bonds. The molecule has 116 valence electrons. The minimum absolute atomic E-state index is 0.0851. The number of aryl methyl sites for hydroxylation is 1. The number of rotatable bonds is 3. The Bertz CT molecular complexity index is 896. The number of carboxylic acids is 1. The molecule has 0 fully saturated rings. The summed E-state index contributed by atoms with van der Waals surface area (Å²) in [6, 6.07) is 12.7. The van der Waals surface area contributed by atoms with Gasteiger partial charge < -0.3 is 15.7 Å². The van der Waals surface area contributed by atoms with E-state index < -0.39 is 12.0 Å². The molecule has 3 rings (SSSR count). The van der Waals surface area contributed by atoms with Gasteiger partial charge in [-0.25, -0.2) is 9.59 Å². The summed E-state index contributed by atoms with van der Waals surface area (Å²) in [5.41, 5.74) is 0.692. The fraction of sp³-hybridized carbons (Fsp3) is 0.0625. The van der Waals surface area contributed by atoms with Crippen LogP contribution in [-0.4, -0.2) is 26.9 Å². The number of nitrogens with zero attached hydrogens (tertiary/aromatic N) is 2. The van der Waals surface area contributed by atoms with E-state index >= 15 is 0 Å². The van der Waals surface area contributed by atoms with Crippen LogP contribution in [0.3, 0.4) is 0 Å². The van der Waals surface area contributed by atoms with Crippen molar-refractivity contribution in [2.75, 3.05) is 10.6 Å². The molecule has 3 N–H and O–H groups in total. The Balaban J connectivity index is 1.84. The van der Waals surface area contributed by atoms with Crippen molar-refractivity contribution in [3.05, 3.63) is 54.4 Å². The molecule has 1 heterocycles. The highest BCUT2D eigenvalue weighted by Gasteiger charge is 2.17. The van der Waals surface area contributed by atoms with Crippen molar-refractivity contribution in [1.82, 2.24) is 9.78 Å². The number of carboxylic acid groups (broad SMARTS) is 1. The highest BCUT2D eigenvalue weighted by atomic mass is 16.4. The predicted octanol–water partition coefficient (Wildman–Crippen LogP) is 2.92. The summed E-state index contributed by atoms with van der Waals surface area (Å²) < 4.78 is 1.19. The SMILES string of the molecule is Cn1ncc(NC(=O)Nc2cccc3ccccc23)c1C(=O)O. The van der Waals surface area contributed by atoms with Gasteiger partial charge in [-0.05, 0) is 11.5 Å². The van der Waals surface area contributed by atoms with Crippen LogP contribution in [0.25, 0.3) is 10.8 Å². The third-order valence-electron chi connectivity index (χ3n) is 3.43. The van der Waals surface area contributed by atoms with Crippen LogP contribution in [0, 0.1) is 0 Å². The molecule has 0 unspecified atom stereocenters. The maximum atomic E-state index is 12.2. The van der Waals surface area contributed by atoms with Crippen molar-refractivity contribution in [1.29, 1.82) is 0 Å². The molecule has 1 aromatic heterocycles. The monoisotopic (exact) mass is 310 g/mol. The molecule has 0 saturated carbocycles. The first-order chi connectivity index (χ1) is 11.1. The molecule has 0 aliphatic heterocycles. The standard InChI is InChI=1S/C16H14N4O3/c1-20-14(15(21)22)13(9-17-20)19-16(23)18-12-8-4-6-10-5-2-3-7-11(10)12/h2-9H,1H3,(H,21,22)(H2,18,19,23). The van der Waals surface area contributed by atoms with Gasteiger partial charge >= 0.3 is 12.0 Å². The van der Waals surface area contributed by atoms with Gasteiger partial charge in [-0.2, -0.15) is 5.10 Å². The van der Waals surface area contributed by atoms with Crippen LogP contribution in [-0.2, 0) is 7.05 Å². The van der Waals surface area contributed by atoms with Crippen LogP contribution in [0.4, 0.5) is 16.2 Å². The molecule has 0 saturated heterocycles. The lowest BCUT2D eigenvalue weighted by Gasteiger charge is -2.09. The van der Waals surface area contributed by atoms with Gasteiger partial charge in [-0.15, -0.1) is 0 Å². The Morgan fingerprint density at radius 2 is 1.74 bits per heavy atom. The van der Waals surface area contributed by atoms with Crippen LogP contribution >= 0.6 is 0 Å². The van der Waals surface area contributed by atoms with Gasteiger partial charge in [0.05, 0.1) is 17.6 Å². The van der Waals surface area contributed by atoms with Gasteiger partial charge in [-0.3, -0.25) is 4.68 Å². The van der Waals surface area contributed by atoms with E-state index in [1.807, 2.05) is 36.4 Å². The average molecular weight is 310 g/mol. The Morgan fingerprint density at radius 3 is 2.52 bits per heavy atom. The molecule has 0 atom stereocenters. The normalized spacial score (nSPS) is 10.5. The zero-order valence-electron chi connectivity index (χ0n) is 12.3. The number of amides is 2. The van der Waals surface area contributed by atoms with E-state index in [0.29, 0.717) is 5.69 Å². The Hall–Kier alpha value is -3.35. The second kappa shape index (κ2) is 5.80. The number of hydrogen-bond donors (Lipinski definition) is 3. The number of nitrogens with one attached hydrogen (secondary N) is 2. The molecule has 0 aliphatic rings. The molecule has 0 aliphatic carbocycles. The Labute approximate surface area is 131 Å². The lowest BCUT2D eigenvalue weighted by molar-refractivity contribution is 0.0686. The summed E-state index contributed by atoms with van der Waals surface area (Å²) in [7, 11) is 1.50. The number of carbonyl (C=O) groups is 2. The molecule has 2 aromatic carbocycles. The molecule has 0 spiro atoms. The van der Waals surface area contributed by atoms with E-state index in [1.54, 1.807) is 6.07 Å². The molecule has 0 bridgehead atoms. The summed E-state index contributed by atoms with van der Waals surface area (Å²) in [4.78, 5) is 23.3. The smallest absolute Gasteiger partial charge is 0.356 e. The van der Waals surface area contributed by atoms with Crippen LogP contribution in [0.15, 0.2) is 48.7 Å². The van der Waals surface area contributed by atoms with E-state index in [-0.39, 0.29) is 11.4 Å². The number of aromatic nitrogens is 2. The van der Waals surface area contributed by atoms with E-state index in [1.165, 1.54) is 17.9 Å². The number of fused-ring (bicyclic) bond motifs is 1. The number of aromatic carboxylic acids is 1. The highest BCUT2D eigenvalue weighted by Crippen LogP contribution is 2.23. The predicted molar refractivity (Wildman–Crippen MR) is 86.8 cm³/mol. The third-order valence-corrected chi connectivity index (χ3v) is 3.43. The Kier molecular flexibility index (Phi) is 3.68. The van der Waals surface area contributed by atoms with E-state index in [0.717, 1.165) is 10.8 Å². The van der Waals surface area contributed by atoms with Gasteiger partial charge in [0.25, 0.3) is 0 Å². The van der Waals surface area contributed by atoms with E-state index in [9.17, 15) is 9.59 Å². The lowest BCUT2D eigenvalue weighted by Crippen LogP contribution is -2.21. The summed E-state index contributed by atoms with van der Waals surface area (Å²) >= 11 is 0. The Morgan fingerprint density at radius 1 is 1.04 bits per heavy atom. The quantitative estimate of drug-likeness (QED) is 0.693. The number of urea groups is 1. The third kappa shape index (κ3) is 2.84. The maximum Gasteiger partial charge on any atom is 0.356 e. The van der Waals surface area contributed by atoms with Gasteiger partial charge in [-0.1, -0.05) is 36.4 Å². The van der Waals surface area contributed by atoms with Crippen molar-refractivity contribution >= 4 is 34.1 Å². The minimum Gasteiger partial charge on any atom is -0.476 e. The largest absolute Gasteiger partial charge is 0.476 e. The highest BCUT2D eigenvalue weighted by molar-refractivity contribution is 6.08. The lowest BCUT2D eigenvalue weighted by atomic mass is 10.1. The van der Waals surface area contributed by atoms with E-state index in [2.05, 4.69) is 15.7 Å². The average Bonchev–Trinajstić information content (AvgIpc) is 2.88. The molecule has 3 aromatic rings. The van der Waals surface area contributed by atoms with Crippen LogP contribution in [0.5, 0.6) is 0 Å². The maximum absolute atomic E-state index is 12.2. The first kappa shape index (κ1) is 14.6. The molecule has 0 radical (unpaired) electrons. The van der Waals surface area contributed by atoms with E-state index in [4.69, 9.17) is 5.11 Å². The summed E-state index contributed by atoms with van der Waals surface area (Å²) in [6.07, 6.45) is 1.30. The number of hydrogen-bond acceptors (Lipinski definition) is 3. The number of carbonyl (C=O) groups excluding carboxylic acids is 1. The van der Waals surface area contributed by atoms with Crippen molar-refractivity contribution < 1.29 is 14.7 Å². The van der Waals surface area contributed by atoms with Gasteiger partial charge in [0, 0.05) is 12.4 Å². The zero-order valence-corrected chi connectivity index (χ0v) is 12.3. The molecule has 7 nitrogen and oxygen atoms in total. The van der Waals surface area contributed by atoms with Crippen LogP contribution in [0.1, 0.15) is 10.5 Å². The first-order valence-electron chi connectivity index (χ1n) is 6.87. The summed E-state index contributed by atoms with van der Waals surface area (Å²) in [5.74, 6) is -1.16. The fourth-order valence-electron chi connectivity index (χ4n) is 2.39. The molecule has 7 heteroatoms. The second-order valence-corrected chi connectivity index (χ2v) is 4.94. The molecular weight excluding hydrogens is 296 g/mol. The topological polar surface area (TPSA) is 96.3 Å². The van der Waals surface area contributed by atoms with Crippen molar-refractivity contribution in [3.63, 3.8) is 0 Å². The van der Waals surface area contributed by atoms with Crippen molar-refractivity contribution in [2.45, 2.75) is 0 Å². The minimum atomic E-state index is -1.16.